The largest absolute Gasteiger partial charge is 0.489 e. The third-order valence-corrected chi connectivity index (χ3v) is 6.27. The fourth-order valence-electron chi connectivity index (χ4n) is 4.11. The molecule has 0 fully saturated rings. The molecule has 0 saturated carbocycles. The molecule has 178 valence electrons. The molecule has 35 heavy (non-hydrogen) atoms. The minimum Gasteiger partial charge on any atom is -0.489 e. The van der Waals surface area contributed by atoms with E-state index in [1.807, 2.05) is 55.5 Å². The van der Waals surface area contributed by atoms with Gasteiger partial charge in [-0.3, -0.25) is 14.5 Å². The zero-order valence-electron chi connectivity index (χ0n) is 20.1. The second-order valence-electron chi connectivity index (χ2n) is 8.83. The molecular formula is C31H31NO3. The van der Waals surface area contributed by atoms with Gasteiger partial charge in [0.05, 0.1) is 6.04 Å². The van der Waals surface area contributed by atoms with Crippen molar-refractivity contribution >= 4 is 11.6 Å². The Kier molecular flexibility index (Phi) is 8.42. The van der Waals surface area contributed by atoms with Crippen LogP contribution in [0.25, 0.3) is 0 Å². The van der Waals surface area contributed by atoms with Crippen molar-refractivity contribution < 1.29 is 14.3 Å². The first kappa shape index (κ1) is 24.4. The Morgan fingerprint density at radius 3 is 2.14 bits per heavy atom. The lowest BCUT2D eigenvalue weighted by molar-refractivity contribution is -0.120. The van der Waals surface area contributed by atoms with Gasteiger partial charge in [0.2, 0.25) is 0 Å². The monoisotopic (exact) mass is 465 g/mol. The quantitative estimate of drug-likeness (QED) is 0.363. The van der Waals surface area contributed by atoms with E-state index in [2.05, 4.69) is 41.3 Å². The first-order chi connectivity index (χ1) is 17.1. The van der Waals surface area contributed by atoms with Crippen molar-refractivity contribution in [2.24, 2.45) is 0 Å². The second kappa shape index (κ2) is 12.1. The molecule has 0 aromatic heterocycles. The van der Waals surface area contributed by atoms with E-state index in [0.29, 0.717) is 25.1 Å². The summed E-state index contributed by atoms with van der Waals surface area (Å²) in [7, 11) is 0. The second-order valence-corrected chi connectivity index (χ2v) is 8.83. The molecule has 0 radical (unpaired) electrons. The van der Waals surface area contributed by atoms with Gasteiger partial charge in [-0.1, -0.05) is 78.9 Å². The van der Waals surface area contributed by atoms with Crippen LogP contribution in [0.2, 0.25) is 0 Å². The van der Waals surface area contributed by atoms with E-state index in [1.165, 1.54) is 17.2 Å². The SMILES string of the molecule is CC(C(=O)C1=CCC(=O)C=C1)N(CCc1ccc(OCc2ccccc2)cc1)Cc1ccccc1. The van der Waals surface area contributed by atoms with Crippen molar-refractivity contribution in [2.45, 2.75) is 39.0 Å². The molecule has 4 rings (SSSR count). The van der Waals surface area contributed by atoms with Crippen molar-refractivity contribution in [1.29, 1.82) is 0 Å². The predicted octanol–water partition coefficient (Wildman–Crippen LogP) is 5.72. The first-order valence-electron chi connectivity index (χ1n) is 12.1. The fraction of sp³-hybridized carbons (Fsp3) is 0.226. The molecular weight excluding hydrogens is 434 g/mol. The molecule has 4 heteroatoms. The highest BCUT2D eigenvalue weighted by molar-refractivity contribution is 6.05. The van der Waals surface area contributed by atoms with Gasteiger partial charge in [-0.05, 0) is 54.3 Å². The molecule has 4 nitrogen and oxygen atoms in total. The lowest BCUT2D eigenvalue weighted by Crippen LogP contribution is -2.40. The molecule has 0 spiro atoms. The minimum atomic E-state index is -0.298. The van der Waals surface area contributed by atoms with Crippen molar-refractivity contribution in [1.82, 2.24) is 4.90 Å². The molecule has 0 heterocycles. The first-order valence-corrected chi connectivity index (χ1v) is 12.1. The number of ketones is 2. The summed E-state index contributed by atoms with van der Waals surface area (Å²) in [6.45, 7) is 3.92. The summed E-state index contributed by atoms with van der Waals surface area (Å²) in [6, 6.07) is 28.2. The Bertz CT molecular complexity index is 1180. The van der Waals surface area contributed by atoms with E-state index in [0.717, 1.165) is 24.3 Å². The number of hydrogen-bond acceptors (Lipinski definition) is 4. The van der Waals surface area contributed by atoms with E-state index >= 15 is 0 Å². The Balaban J connectivity index is 1.39. The third-order valence-electron chi connectivity index (χ3n) is 6.27. The number of nitrogens with zero attached hydrogens (tertiary/aromatic N) is 1. The maximum Gasteiger partial charge on any atom is 0.179 e. The molecule has 1 atom stereocenters. The van der Waals surface area contributed by atoms with Gasteiger partial charge in [0.1, 0.15) is 12.4 Å². The van der Waals surface area contributed by atoms with Crippen LogP contribution in [0.5, 0.6) is 5.75 Å². The van der Waals surface area contributed by atoms with Crippen molar-refractivity contribution in [3.63, 3.8) is 0 Å². The summed E-state index contributed by atoms with van der Waals surface area (Å²) in [5, 5.41) is 0. The normalized spacial score (nSPS) is 14.0. The third kappa shape index (κ3) is 7.11. The maximum absolute atomic E-state index is 13.2. The van der Waals surface area contributed by atoms with E-state index in [1.54, 1.807) is 12.2 Å². The van der Waals surface area contributed by atoms with E-state index < -0.39 is 0 Å². The number of allylic oxidation sites excluding steroid dienone is 3. The molecule has 3 aromatic rings. The summed E-state index contributed by atoms with van der Waals surface area (Å²) < 4.78 is 5.90. The van der Waals surface area contributed by atoms with E-state index in [-0.39, 0.29) is 17.6 Å². The van der Waals surface area contributed by atoms with Crippen LogP contribution in [0.4, 0.5) is 0 Å². The number of ether oxygens (including phenoxy) is 1. The van der Waals surface area contributed by atoms with Gasteiger partial charge >= 0.3 is 0 Å². The lowest BCUT2D eigenvalue weighted by Gasteiger charge is -2.29. The fourth-order valence-corrected chi connectivity index (χ4v) is 4.11. The molecule has 3 aromatic carbocycles. The summed E-state index contributed by atoms with van der Waals surface area (Å²) in [6.07, 6.45) is 6.01. The van der Waals surface area contributed by atoms with Crippen LogP contribution in [-0.4, -0.2) is 29.1 Å². The Morgan fingerprint density at radius 2 is 1.51 bits per heavy atom. The van der Waals surface area contributed by atoms with Gasteiger partial charge in [-0.2, -0.15) is 0 Å². The summed E-state index contributed by atoms with van der Waals surface area (Å²) in [5.41, 5.74) is 4.12. The molecule has 0 aliphatic heterocycles. The Hall–Kier alpha value is -3.76. The zero-order valence-corrected chi connectivity index (χ0v) is 20.1. The lowest BCUT2D eigenvalue weighted by atomic mass is 9.97. The van der Waals surface area contributed by atoms with Gasteiger partial charge in [-0.15, -0.1) is 0 Å². The number of Topliss-reactive ketones (excluding diaryl/α,β-unsaturated/α-hetero) is 1. The highest BCUT2D eigenvalue weighted by Gasteiger charge is 2.24. The zero-order chi connectivity index (χ0) is 24.5. The van der Waals surface area contributed by atoms with Gasteiger partial charge in [0, 0.05) is 25.1 Å². The van der Waals surface area contributed by atoms with Crippen LogP contribution in [0.1, 0.15) is 30.0 Å². The van der Waals surface area contributed by atoms with Gasteiger partial charge < -0.3 is 4.74 Å². The summed E-state index contributed by atoms with van der Waals surface area (Å²) >= 11 is 0. The molecule has 1 aliphatic rings. The van der Waals surface area contributed by atoms with Crippen molar-refractivity contribution in [3.05, 3.63) is 125 Å². The van der Waals surface area contributed by atoms with Gasteiger partial charge in [0.25, 0.3) is 0 Å². The van der Waals surface area contributed by atoms with Gasteiger partial charge in [0.15, 0.2) is 11.6 Å². The average Bonchev–Trinajstić information content (AvgIpc) is 2.91. The number of hydrogen-bond donors (Lipinski definition) is 0. The number of carbonyl (C=O) groups excluding carboxylic acids is 2. The minimum absolute atomic E-state index is 0.0338. The van der Waals surface area contributed by atoms with E-state index in [9.17, 15) is 9.59 Å². The standard InChI is InChI=1S/C31H31NO3/c1-24(31(34)28-14-16-29(33)17-15-28)32(22-26-8-4-2-5-9-26)21-20-25-12-18-30(19-13-25)35-23-27-10-6-3-7-11-27/h2-16,18-19,24H,17,20-23H2,1H3. The Morgan fingerprint density at radius 1 is 0.857 bits per heavy atom. The molecule has 1 unspecified atom stereocenters. The summed E-state index contributed by atoms with van der Waals surface area (Å²) in [5.74, 6) is 0.925. The predicted molar refractivity (Wildman–Crippen MR) is 139 cm³/mol. The highest BCUT2D eigenvalue weighted by atomic mass is 16.5. The van der Waals surface area contributed by atoms with Crippen molar-refractivity contribution in [3.8, 4) is 5.75 Å². The van der Waals surface area contributed by atoms with Crippen LogP contribution in [-0.2, 0) is 29.2 Å². The van der Waals surface area contributed by atoms with Crippen LogP contribution in [0, 0.1) is 0 Å². The molecule has 0 N–H and O–H groups in total. The number of rotatable bonds is 11. The number of benzene rings is 3. The molecule has 0 bridgehead atoms. The Labute approximate surface area is 207 Å². The van der Waals surface area contributed by atoms with Gasteiger partial charge in [-0.25, -0.2) is 0 Å². The topological polar surface area (TPSA) is 46.6 Å². The summed E-state index contributed by atoms with van der Waals surface area (Å²) in [4.78, 5) is 26.9. The molecule has 0 amide bonds. The smallest absolute Gasteiger partial charge is 0.179 e. The number of carbonyl (C=O) groups is 2. The average molecular weight is 466 g/mol. The van der Waals surface area contributed by atoms with Crippen LogP contribution < -0.4 is 4.74 Å². The van der Waals surface area contributed by atoms with Crippen LogP contribution >= 0.6 is 0 Å². The van der Waals surface area contributed by atoms with Crippen molar-refractivity contribution in [2.75, 3.05) is 6.54 Å². The molecule has 0 saturated heterocycles. The van der Waals surface area contributed by atoms with E-state index in [4.69, 9.17) is 4.74 Å². The maximum atomic E-state index is 13.2. The molecule has 1 aliphatic carbocycles. The highest BCUT2D eigenvalue weighted by Crippen LogP contribution is 2.19. The van der Waals surface area contributed by atoms with Crippen LogP contribution in [0.3, 0.4) is 0 Å². The van der Waals surface area contributed by atoms with Crippen LogP contribution in [0.15, 0.2) is 109 Å².